The van der Waals surface area contributed by atoms with Crippen molar-refractivity contribution in [1.29, 1.82) is 0 Å². The van der Waals surface area contributed by atoms with Gasteiger partial charge in [0.15, 0.2) is 0 Å². The zero-order chi connectivity index (χ0) is 11.1. The van der Waals surface area contributed by atoms with Crippen molar-refractivity contribution in [3.63, 3.8) is 0 Å². The number of hydrogen-bond donors (Lipinski definition) is 2. The Morgan fingerprint density at radius 1 is 1.40 bits per heavy atom. The van der Waals surface area contributed by atoms with Crippen LogP contribution < -0.4 is 10.6 Å². The van der Waals surface area contributed by atoms with E-state index in [9.17, 15) is 4.79 Å². The number of carbonyl (C=O) groups excluding carboxylic acids is 1. The first kappa shape index (κ1) is 12.5. The molecule has 3 heteroatoms. The Kier molecular flexibility index (Phi) is 5.69. The molecule has 1 aliphatic carbocycles. The van der Waals surface area contributed by atoms with Crippen LogP contribution >= 0.6 is 0 Å². The minimum absolute atomic E-state index is 0.127. The predicted molar refractivity (Wildman–Crippen MR) is 62.7 cm³/mol. The van der Waals surface area contributed by atoms with Crippen LogP contribution in [-0.4, -0.2) is 25.0 Å². The van der Waals surface area contributed by atoms with Crippen LogP contribution in [0.4, 0.5) is 0 Å². The second kappa shape index (κ2) is 6.83. The highest BCUT2D eigenvalue weighted by Gasteiger charge is 2.21. The molecule has 1 saturated carbocycles. The van der Waals surface area contributed by atoms with Gasteiger partial charge in [-0.05, 0) is 32.1 Å². The van der Waals surface area contributed by atoms with E-state index in [1.165, 1.54) is 25.7 Å². The van der Waals surface area contributed by atoms with Gasteiger partial charge in [0.05, 0.1) is 6.54 Å². The Labute approximate surface area is 93.0 Å². The molecular formula is C12H24N2O. The molecule has 0 radical (unpaired) electrons. The highest BCUT2D eigenvalue weighted by atomic mass is 16.1. The summed E-state index contributed by atoms with van der Waals surface area (Å²) in [6.45, 7) is 5.52. The first-order valence-electron chi connectivity index (χ1n) is 6.24. The average molecular weight is 212 g/mol. The summed E-state index contributed by atoms with van der Waals surface area (Å²) in [6.07, 6.45) is 6.37. The lowest BCUT2D eigenvalue weighted by Crippen LogP contribution is -2.40. The van der Waals surface area contributed by atoms with Crippen LogP contribution in [0.5, 0.6) is 0 Å². The van der Waals surface area contributed by atoms with Gasteiger partial charge in [0.2, 0.25) is 5.91 Å². The molecule has 0 aromatic rings. The van der Waals surface area contributed by atoms with Crippen molar-refractivity contribution in [3.8, 4) is 0 Å². The lowest BCUT2D eigenvalue weighted by Gasteiger charge is -2.19. The summed E-state index contributed by atoms with van der Waals surface area (Å²) in [5.41, 5.74) is 0. The lowest BCUT2D eigenvalue weighted by molar-refractivity contribution is -0.120. The highest BCUT2D eigenvalue weighted by molar-refractivity contribution is 5.77. The van der Waals surface area contributed by atoms with Crippen LogP contribution in [0.1, 0.15) is 46.0 Å². The minimum Gasteiger partial charge on any atom is -0.355 e. The molecule has 0 saturated heterocycles. The fraction of sp³-hybridized carbons (Fsp3) is 0.917. The van der Waals surface area contributed by atoms with Gasteiger partial charge in [-0.3, -0.25) is 4.79 Å². The van der Waals surface area contributed by atoms with Gasteiger partial charge in [-0.15, -0.1) is 0 Å². The summed E-state index contributed by atoms with van der Waals surface area (Å²) in [5.74, 6) is 0.908. The molecule has 1 rings (SSSR count). The Hall–Kier alpha value is -0.570. The van der Waals surface area contributed by atoms with Crippen molar-refractivity contribution in [2.45, 2.75) is 52.0 Å². The SMILES string of the molecule is CCCNC(=O)CN[C@@H](C)C1CCCC1. The maximum atomic E-state index is 11.3. The topological polar surface area (TPSA) is 41.1 Å². The second-order valence-corrected chi connectivity index (χ2v) is 4.56. The van der Waals surface area contributed by atoms with Gasteiger partial charge >= 0.3 is 0 Å². The summed E-state index contributed by atoms with van der Waals surface area (Å²) in [5, 5.41) is 6.20. The summed E-state index contributed by atoms with van der Waals surface area (Å²) in [7, 11) is 0. The number of hydrogen-bond acceptors (Lipinski definition) is 2. The monoisotopic (exact) mass is 212 g/mol. The third-order valence-electron chi connectivity index (χ3n) is 3.26. The van der Waals surface area contributed by atoms with E-state index in [0.29, 0.717) is 12.6 Å². The van der Waals surface area contributed by atoms with E-state index in [4.69, 9.17) is 0 Å². The van der Waals surface area contributed by atoms with E-state index in [-0.39, 0.29) is 5.91 Å². The Bertz CT molecular complexity index is 188. The molecule has 1 aliphatic rings. The Balaban J connectivity index is 2.09. The van der Waals surface area contributed by atoms with Crippen molar-refractivity contribution in [1.82, 2.24) is 10.6 Å². The zero-order valence-electron chi connectivity index (χ0n) is 10.0. The van der Waals surface area contributed by atoms with Gasteiger partial charge in [0, 0.05) is 12.6 Å². The molecule has 0 aromatic heterocycles. The van der Waals surface area contributed by atoms with E-state index in [2.05, 4.69) is 24.5 Å². The standard InChI is InChI=1S/C12H24N2O/c1-3-8-13-12(15)9-14-10(2)11-6-4-5-7-11/h10-11,14H,3-9H2,1-2H3,(H,13,15)/t10-/m0/s1. The molecule has 15 heavy (non-hydrogen) atoms. The van der Waals surface area contributed by atoms with E-state index in [1.54, 1.807) is 0 Å². The van der Waals surface area contributed by atoms with Crippen LogP contribution in [-0.2, 0) is 4.79 Å². The molecule has 0 unspecified atom stereocenters. The quantitative estimate of drug-likeness (QED) is 0.703. The first-order valence-corrected chi connectivity index (χ1v) is 6.24. The van der Waals surface area contributed by atoms with Crippen LogP contribution in [0.25, 0.3) is 0 Å². The molecule has 1 atom stereocenters. The molecule has 3 nitrogen and oxygen atoms in total. The third kappa shape index (κ3) is 4.65. The van der Waals surface area contributed by atoms with Crippen LogP contribution in [0, 0.1) is 5.92 Å². The Morgan fingerprint density at radius 3 is 2.67 bits per heavy atom. The maximum Gasteiger partial charge on any atom is 0.233 e. The van der Waals surface area contributed by atoms with Crippen molar-refractivity contribution < 1.29 is 4.79 Å². The number of rotatable bonds is 6. The number of amides is 1. The molecule has 2 N–H and O–H groups in total. The average Bonchev–Trinajstić information content (AvgIpc) is 2.76. The molecule has 1 amide bonds. The fourth-order valence-corrected chi connectivity index (χ4v) is 2.20. The summed E-state index contributed by atoms with van der Waals surface area (Å²) >= 11 is 0. The molecule has 0 spiro atoms. The summed E-state index contributed by atoms with van der Waals surface area (Å²) in [6, 6.07) is 0.486. The van der Waals surface area contributed by atoms with Gasteiger partial charge in [-0.25, -0.2) is 0 Å². The van der Waals surface area contributed by atoms with Crippen molar-refractivity contribution in [2.24, 2.45) is 5.92 Å². The predicted octanol–water partition coefficient (Wildman–Crippen LogP) is 1.68. The van der Waals surface area contributed by atoms with E-state index in [0.717, 1.165) is 18.9 Å². The van der Waals surface area contributed by atoms with Gasteiger partial charge in [-0.1, -0.05) is 19.8 Å². The molecule has 1 fully saturated rings. The van der Waals surface area contributed by atoms with E-state index < -0.39 is 0 Å². The highest BCUT2D eigenvalue weighted by Crippen LogP contribution is 2.27. The molecule has 0 aliphatic heterocycles. The van der Waals surface area contributed by atoms with E-state index in [1.807, 2.05) is 0 Å². The minimum atomic E-state index is 0.127. The second-order valence-electron chi connectivity index (χ2n) is 4.56. The number of carbonyl (C=O) groups is 1. The van der Waals surface area contributed by atoms with Crippen LogP contribution in [0.3, 0.4) is 0 Å². The third-order valence-corrected chi connectivity index (χ3v) is 3.26. The molecular weight excluding hydrogens is 188 g/mol. The van der Waals surface area contributed by atoms with Crippen molar-refractivity contribution in [2.75, 3.05) is 13.1 Å². The van der Waals surface area contributed by atoms with E-state index >= 15 is 0 Å². The number of nitrogens with one attached hydrogen (secondary N) is 2. The largest absolute Gasteiger partial charge is 0.355 e. The van der Waals surface area contributed by atoms with Crippen LogP contribution in [0.2, 0.25) is 0 Å². The van der Waals surface area contributed by atoms with Crippen LogP contribution in [0.15, 0.2) is 0 Å². The van der Waals surface area contributed by atoms with Gasteiger partial charge in [0.1, 0.15) is 0 Å². The molecule has 88 valence electrons. The molecule has 0 aromatic carbocycles. The van der Waals surface area contributed by atoms with Crippen molar-refractivity contribution >= 4 is 5.91 Å². The normalized spacial score (nSPS) is 19.1. The van der Waals surface area contributed by atoms with Gasteiger partial charge in [0.25, 0.3) is 0 Å². The summed E-state index contributed by atoms with van der Waals surface area (Å²) in [4.78, 5) is 11.3. The first-order chi connectivity index (χ1) is 7.24. The Morgan fingerprint density at radius 2 is 2.07 bits per heavy atom. The van der Waals surface area contributed by atoms with Gasteiger partial charge < -0.3 is 10.6 Å². The zero-order valence-corrected chi connectivity index (χ0v) is 10.0. The fourth-order valence-electron chi connectivity index (χ4n) is 2.20. The lowest BCUT2D eigenvalue weighted by atomic mass is 10.00. The van der Waals surface area contributed by atoms with Crippen molar-refractivity contribution in [3.05, 3.63) is 0 Å². The maximum absolute atomic E-state index is 11.3. The van der Waals surface area contributed by atoms with Gasteiger partial charge in [-0.2, -0.15) is 0 Å². The molecule has 0 heterocycles. The summed E-state index contributed by atoms with van der Waals surface area (Å²) < 4.78 is 0. The smallest absolute Gasteiger partial charge is 0.233 e. The molecule has 0 bridgehead atoms.